The Labute approximate surface area is 114 Å². The van der Waals surface area contributed by atoms with Crippen LogP contribution in [-0.2, 0) is 6.61 Å². The zero-order chi connectivity index (χ0) is 13.8. The van der Waals surface area contributed by atoms with Gasteiger partial charge in [0, 0.05) is 11.6 Å². The third-order valence-corrected chi connectivity index (χ3v) is 2.85. The van der Waals surface area contributed by atoms with Crippen molar-refractivity contribution in [3.63, 3.8) is 0 Å². The van der Waals surface area contributed by atoms with Crippen LogP contribution < -0.4 is 4.74 Å². The number of rotatable bonds is 4. The molecule has 0 saturated heterocycles. The fraction of sp³-hybridized carbons (Fsp3) is 0.0714. The lowest BCUT2D eigenvalue weighted by Crippen LogP contribution is -1.97. The normalized spacial score (nSPS) is 10.2. The Balaban J connectivity index is 2.29. The van der Waals surface area contributed by atoms with E-state index in [1.165, 1.54) is 18.2 Å². The lowest BCUT2D eigenvalue weighted by molar-refractivity contribution is 0.0697. The number of carboxylic acids is 1. The summed E-state index contributed by atoms with van der Waals surface area (Å²) in [6, 6.07) is 11.3. The van der Waals surface area contributed by atoms with Crippen LogP contribution in [0, 0.1) is 0 Å². The second-order valence-corrected chi connectivity index (χ2v) is 4.22. The maximum Gasteiger partial charge on any atom is 0.337 e. The van der Waals surface area contributed by atoms with Gasteiger partial charge in [-0.15, -0.1) is 0 Å². The van der Waals surface area contributed by atoms with E-state index < -0.39 is 5.97 Å². The number of hydrogen-bond acceptors (Lipinski definition) is 3. The van der Waals surface area contributed by atoms with Gasteiger partial charge < -0.3 is 14.9 Å². The first-order chi connectivity index (χ1) is 9.11. The molecule has 0 spiro atoms. The van der Waals surface area contributed by atoms with Gasteiger partial charge in [-0.2, -0.15) is 0 Å². The molecule has 0 aliphatic carbocycles. The molecule has 0 saturated carbocycles. The van der Waals surface area contributed by atoms with E-state index in [2.05, 4.69) is 0 Å². The first kappa shape index (κ1) is 13.4. The molecule has 0 unspecified atom stereocenters. The molecular formula is C14H11ClO4. The van der Waals surface area contributed by atoms with E-state index in [1.54, 1.807) is 24.3 Å². The van der Waals surface area contributed by atoms with Crippen LogP contribution in [0.3, 0.4) is 0 Å². The third-order valence-electron chi connectivity index (χ3n) is 2.54. The maximum absolute atomic E-state index is 10.8. The fourth-order valence-electron chi connectivity index (χ4n) is 1.59. The number of benzene rings is 2. The molecule has 4 nitrogen and oxygen atoms in total. The number of para-hydroxylation sites is 1. The number of aromatic carboxylic acids is 1. The van der Waals surface area contributed by atoms with Gasteiger partial charge in [-0.25, -0.2) is 4.79 Å². The summed E-state index contributed by atoms with van der Waals surface area (Å²) in [5.74, 6) is -0.174. The van der Waals surface area contributed by atoms with Gasteiger partial charge in [0.25, 0.3) is 0 Å². The van der Waals surface area contributed by atoms with Crippen LogP contribution in [0.25, 0.3) is 0 Å². The van der Waals surface area contributed by atoms with Crippen molar-refractivity contribution < 1.29 is 19.7 Å². The van der Waals surface area contributed by atoms with Crippen LogP contribution in [0.5, 0.6) is 11.5 Å². The van der Waals surface area contributed by atoms with Gasteiger partial charge in [0.1, 0.15) is 11.5 Å². The molecule has 19 heavy (non-hydrogen) atoms. The molecule has 0 heterocycles. The molecule has 2 rings (SSSR count). The molecule has 2 aromatic carbocycles. The van der Waals surface area contributed by atoms with Gasteiger partial charge in [-0.05, 0) is 18.2 Å². The molecule has 0 radical (unpaired) electrons. The summed E-state index contributed by atoms with van der Waals surface area (Å²) in [6.45, 7) is -0.142. The monoisotopic (exact) mass is 278 g/mol. The Morgan fingerprint density at radius 2 is 1.95 bits per heavy atom. The van der Waals surface area contributed by atoms with Crippen LogP contribution in [-0.4, -0.2) is 16.2 Å². The molecule has 2 aromatic rings. The summed E-state index contributed by atoms with van der Waals surface area (Å²) in [5.41, 5.74) is 0.658. The Morgan fingerprint density at radius 3 is 2.58 bits per heavy atom. The van der Waals surface area contributed by atoms with Crippen molar-refractivity contribution in [3.8, 4) is 11.5 Å². The maximum atomic E-state index is 10.8. The van der Waals surface area contributed by atoms with E-state index in [0.29, 0.717) is 17.1 Å². The minimum absolute atomic E-state index is 0.0180. The van der Waals surface area contributed by atoms with Crippen LogP contribution in [0.1, 0.15) is 15.9 Å². The predicted molar refractivity (Wildman–Crippen MR) is 70.9 cm³/mol. The highest BCUT2D eigenvalue weighted by Crippen LogP contribution is 2.28. The Bertz CT molecular complexity index is 610. The summed E-state index contributed by atoms with van der Waals surface area (Å²) in [4.78, 5) is 10.8. The molecule has 0 amide bonds. The van der Waals surface area contributed by atoms with Crippen molar-refractivity contribution in [1.29, 1.82) is 0 Å². The minimum atomic E-state index is -1.09. The largest absolute Gasteiger partial charge is 0.478 e. The van der Waals surface area contributed by atoms with Crippen molar-refractivity contribution in [2.45, 2.75) is 6.61 Å². The molecule has 5 heteroatoms. The third kappa shape index (κ3) is 3.05. The second kappa shape index (κ2) is 5.73. The Hall–Kier alpha value is -2.04. The van der Waals surface area contributed by atoms with Crippen molar-refractivity contribution >= 4 is 17.6 Å². The van der Waals surface area contributed by atoms with E-state index in [-0.39, 0.29) is 17.2 Å². The molecular weight excluding hydrogens is 268 g/mol. The molecule has 0 bridgehead atoms. The fourth-order valence-corrected chi connectivity index (χ4v) is 1.85. The highest BCUT2D eigenvalue weighted by molar-refractivity contribution is 6.33. The van der Waals surface area contributed by atoms with Crippen molar-refractivity contribution in [3.05, 3.63) is 58.6 Å². The molecule has 2 N–H and O–H groups in total. The molecule has 0 fully saturated rings. The van der Waals surface area contributed by atoms with Gasteiger partial charge in [0.05, 0.1) is 17.2 Å². The number of aliphatic hydroxyl groups is 1. The minimum Gasteiger partial charge on any atom is -0.478 e. The Kier molecular flexibility index (Phi) is 4.04. The first-order valence-corrected chi connectivity index (χ1v) is 5.89. The second-order valence-electron chi connectivity index (χ2n) is 3.81. The van der Waals surface area contributed by atoms with Gasteiger partial charge in [-0.3, -0.25) is 0 Å². The smallest absolute Gasteiger partial charge is 0.337 e. The quantitative estimate of drug-likeness (QED) is 0.900. The van der Waals surface area contributed by atoms with E-state index in [9.17, 15) is 9.90 Å². The van der Waals surface area contributed by atoms with Crippen LogP contribution in [0.2, 0.25) is 5.02 Å². The van der Waals surface area contributed by atoms with Crippen LogP contribution in [0.4, 0.5) is 0 Å². The van der Waals surface area contributed by atoms with Crippen molar-refractivity contribution in [1.82, 2.24) is 0 Å². The van der Waals surface area contributed by atoms with E-state index >= 15 is 0 Å². The number of aliphatic hydroxyl groups excluding tert-OH is 1. The number of ether oxygens (including phenoxy) is 1. The predicted octanol–water partition coefficient (Wildman–Crippen LogP) is 3.32. The van der Waals surface area contributed by atoms with Crippen molar-refractivity contribution in [2.24, 2.45) is 0 Å². The standard InChI is InChI=1S/C14H11ClO4/c15-12-7-10(5-6-11(12)14(17)18)19-13-4-2-1-3-9(13)8-16/h1-7,16H,8H2,(H,17,18). The topological polar surface area (TPSA) is 66.8 Å². The Morgan fingerprint density at radius 1 is 1.21 bits per heavy atom. The summed E-state index contributed by atoms with van der Waals surface area (Å²) >= 11 is 5.85. The summed E-state index contributed by atoms with van der Waals surface area (Å²) in [7, 11) is 0. The SMILES string of the molecule is O=C(O)c1ccc(Oc2ccccc2CO)cc1Cl. The first-order valence-electron chi connectivity index (χ1n) is 5.51. The van der Waals surface area contributed by atoms with Gasteiger partial charge in [0.2, 0.25) is 0 Å². The van der Waals surface area contributed by atoms with E-state index in [0.717, 1.165) is 0 Å². The zero-order valence-corrected chi connectivity index (χ0v) is 10.6. The van der Waals surface area contributed by atoms with E-state index in [4.69, 9.17) is 21.4 Å². The van der Waals surface area contributed by atoms with Crippen molar-refractivity contribution in [2.75, 3.05) is 0 Å². The number of hydrogen-bond donors (Lipinski definition) is 2. The zero-order valence-electron chi connectivity index (χ0n) is 9.84. The van der Waals surface area contributed by atoms with Crippen LogP contribution >= 0.6 is 11.6 Å². The van der Waals surface area contributed by atoms with E-state index in [1.807, 2.05) is 0 Å². The van der Waals surface area contributed by atoms with Gasteiger partial charge in [-0.1, -0.05) is 29.8 Å². The molecule has 98 valence electrons. The highest BCUT2D eigenvalue weighted by Gasteiger charge is 2.10. The average molecular weight is 279 g/mol. The summed E-state index contributed by atoms with van der Waals surface area (Å²) < 4.78 is 5.58. The summed E-state index contributed by atoms with van der Waals surface area (Å²) in [5, 5.41) is 18.2. The summed E-state index contributed by atoms with van der Waals surface area (Å²) in [6.07, 6.45) is 0. The average Bonchev–Trinajstić information content (AvgIpc) is 2.39. The highest BCUT2D eigenvalue weighted by atomic mass is 35.5. The van der Waals surface area contributed by atoms with Gasteiger partial charge in [0.15, 0.2) is 0 Å². The lowest BCUT2D eigenvalue weighted by Gasteiger charge is -2.10. The molecule has 0 aliphatic rings. The number of carboxylic acid groups (broad SMARTS) is 1. The number of carbonyl (C=O) groups is 1. The lowest BCUT2D eigenvalue weighted by atomic mass is 10.2. The molecule has 0 atom stereocenters. The molecule has 0 aromatic heterocycles. The van der Waals surface area contributed by atoms with Crippen LogP contribution in [0.15, 0.2) is 42.5 Å². The molecule has 0 aliphatic heterocycles. The van der Waals surface area contributed by atoms with Gasteiger partial charge >= 0.3 is 5.97 Å². The number of halogens is 1.